The Morgan fingerprint density at radius 2 is 1.37 bits per heavy atom. The van der Waals surface area contributed by atoms with Gasteiger partial charge in [-0.3, -0.25) is 9.59 Å². The van der Waals surface area contributed by atoms with E-state index in [-0.39, 0.29) is 42.4 Å². The van der Waals surface area contributed by atoms with Crippen molar-refractivity contribution in [3.8, 4) is 22.4 Å². The first-order valence-corrected chi connectivity index (χ1v) is 18.7. The first-order valence-electron chi connectivity index (χ1n) is 18.7. The molecule has 2 saturated heterocycles. The summed E-state index contributed by atoms with van der Waals surface area (Å²) in [4.78, 5) is 63.3. The van der Waals surface area contributed by atoms with E-state index in [2.05, 4.69) is 75.6 Å². The molecule has 2 fully saturated rings. The number of fused-ring (bicyclic) bond motifs is 3. The van der Waals surface area contributed by atoms with Crippen LogP contribution in [0, 0.1) is 5.92 Å². The number of H-pyrrole nitrogens is 2. The lowest BCUT2D eigenvalue weighted by Gasteiger charge is -2.29. The minimum Gasteiger partial charge on any atom is -0.453 e. The van der Waals surface area contributed by atoms with E-state index in [0.29, 0.717) is 6.54 Å². The first kappa shape index (κ1) is 35.2. The third-order valence-corrected chi connectivity index (χ3v) is 10.9. The van der Waals surface area contributed by atoms with Crippen molar-refractivity contribution < 1.29 is 19.1 Å². The largest absolute Gasteiger partial charge is 0.453 e. The van der Waals surface area contributed by atoms with E-state index in [4.69, 9.17) is 15.0 Å². The average molecular weight is 728 g/mol. The van der Waals surface area contributed by atoms with Gasteiger partial charge in [0.05, 0.1) is 58.5 Å². The van der Waals surface area contributed by atoms with Gasteiger partial charge in [-0.1, -0.05) is 38.1 Å². The maximum atomic E-state index is 13.4. The number of carbonyl (C=O) groups is 3. The van der Waals surface area contributed by atoms with E-state index in [1.807, 2.05) is 42.3 Å². The van der Waals surface area contributed by atoms with E-state index in [9.17, 15) is 14.4 Å². The second-order valence-corrected chi connectivity index (χ2v) is 14.6. The van der Waals surface area contributed by atoms with Crippen LogP contribution in [0.3, 0.4) is 0 Å². The number of aromatic nitrogens is 5. The number of amides is 3. The minimum atomic E-state index is -0.633. The monoisotopic (exact) mass is 727 g/mol. The van der Waals surface area contributed by atoms with Crippen LogP contribution in [-0.2, 0) is 14.3 Å². The van der Waals surface area contributed by atoms with Crippen molar-refractivity contribution in [2.24, 2.45) is 5.92 Å². The summed E-state index contributed by atoms with van der Waals surface area (Å²) < 4.78 is 4.60. The molecule has 278 valence electrons. The Morgan fingerprint density at radius 3 is 2.02 bits per heavy atom. The molecule has 4 N–H and O–H groups in total. The fourth-order valence-electron chi connectivity index (χ4n) is 8.09. The van der Waals surface area contributed by atoms with Crippen molar-refractivity contribution in [2.45, 2.75) is 57.7 Å². The fraction of sp³-hybridized carbons (Fsp3) is 0.366. The molecule has 3 aromatic carbocycles. The molecule has 13 nitrogen and oxygen atoms in total. The molecule has 0 unspecified atom stereocenters. The molecule has 3 aromatic heterocycles. The van der Waals surface area contributed by atoms with Crippen LogP contribution in [0.4, 0.5) is 4.79 Å². The maximum Gasteiger partial charge on any atom is 0.407 e. The molecule has 5 heterocycles. The van der Waals surface area contributed by atoms with Gasteiger partial charge in [0.2, 0.25) is 11.8 Å². The van der Waals surface area contributed by atoms with Gasteiger partial charge < -0.3 is 35.1 Å². The Morgan fingerprint density at radius 1 is 0.778 bits per heavy atom. The lowest BCUT2D eigenvalue weighted by molar-refractivity contribution is -0.135. The number of likely N-dealkylation sites (tertiary alicyclic amines) is 2. The zero-order valence-corrected chi connectivity index (χ0v) is 31.0. The van der Waals surface area contributed by atoms with Gasteiger partial charge in [0, 0.05) is 24.0 Å². The van der Waals surface area contributed by atoms with Crippen LogP contribution in [0.1, 0.15) is 63.3 Å². The topological polar surface area (TPSA) is 161 Å². The summed E-state index contributed by atoms with van der Waals surface area (Å²) in [5, 5.41) is 6.71. The van der Waals surface area contributed by atoms with Gasteiger partial charge in [-0.15, -0.1) is 0 Å². The van der Waals surface area contributed by atoms with Crippen LogP contribution in [0.15, 0.2) is 66.7 Å². The van der Waals surface area contributed by atoms with Crippen LogP contribution in [0.25, 0.3) is 55.4 Å². The molecule has 0 aliphatic carbocycles. The Balaban J connectivity index is 0.999. The first-order chi connectivity index (χ1) is 26.2. The van der Waals surface area contributed by atoms with E-state index in [1.54, 1.807) is 4.90 Å². The van der Waals surface area contributed by atoms with Crippen molar-refractivity contribution in [3.05, 3.63) is 78.4 Å². The number of hydrogen-bond acceptors (Lipinski definition) is 8. The number of pyridine rings is 1. The highest BCUT2D eigenvalue weighted by atomic mass is 16.5. The molecule has 6 aromatic rings. The minimum absolute atomic E-state index is 0.0589. The van der Waals surface area contributed by atoms with Gasteiger partial charge in [-0.25, -0.2) is 19.7 Å². The van der Waals surface area contributed by atoms with Crippen molar-refractivity contribution in [1.29, 1.82) is 0 Å². The molecule has 0 spiro atoms. The highest BCUT2D eigenvalue weighted by molar-refractivity contribution is 5.90. The molecule has 0 bridgehead atoms. The standard InChI is InChI=1S/C41H45N9O4/c1-23(2)37(42-3)40(52)50-18-6-8-35(50)39-46-30-15-10-25(20-32(30)47-39)24-9-13-28-26(19-24)11-14-29(44-28)27-12-16-31-33(21-27)48-38(45-31)34-7-5-17-49(34)36(51)22-43-41(53)54-4/h9-16,19-21,23,34-35,37,42H,5-8,17-18,22H2,1-4H3,(H,43,53)(H,45,48)(H,46,47)/t34-,35-,37-/m0/s1. The van der Waals surface area contributed by atoms with Crippen LogP contribution in [0.5, 0.6) is 0 Å². The van der Waals surface area contributed by atoms with Gasteiger partial charge >= 0.3 is 6.09 Å². The van der Waals surface area contributed by atoms with Crippen molar-refractivity contribution >= 4 is 50.9 Å². The van der Waals surface area contributed by atoms with E-state index >= 15 is 0 Å². The molecule has 54 heavy (non-hydrogen) atoms. The number of likely N-dealkylation sites (N-methyl/N-ethyl adjacent to an activating group) is 1. The molecule has 2 aliphatic rings. The fourth-order valence-corrected chi connectivity index (χ4v) is 8.09. The summed E-state index contributed by atoms with van der Waals surface area (Å²) >= 11 is 0. The number of nitrogens with one attached hydrogen (secondary N) is 4. The van der Waals surface area contributed by atoms with Gasteiger partial charge in [0.15, 0.2) is 0 Å². The summed E-state index contributed by atoms with van der Waals surface area (Å²) in [6.45, 7) is 5.36. The molecule has 0 saturated carbocycles. The normalized spacial score (nSPS) is 17.9. The quantitative estimate of drug-likeness (QED) is 0.136. The highest BCUT2D eigenvalue weighted by Crippen LogP contribution is 2.35. The van der Waals surface area contributed by atoms with Crippen LogP contribution in [-0.4, -0.2) is 92.5 Å². The van der Waals surface area contributed by atoms with Gasteiger partial charge in [0.25, 0.3) is 0 Å². The SMILES string of the molecule is CN[C@H](C(=O)N1CCC[C@H]1c1nc2ccc(-c3ccc4nc(-c5ccc6nc([C@@H]7CCCN7C(=O)CNC(=O)OC)[nH]c6c5)ccc4c3)cc2[nH]1)C(C)C. The lowest BCUT2D eigenvalue weighted by Crippen LogP contribution is -2.47. The van der Waals surface area contributed by atoms with E-state index < -0.39 is 6.09 Å². The summed E-state index contributed by atoms with van der Waals surface area (Å²) in [7, 11) is 3.12. The number of aromatic amines is 2. The molecular weight excluding hydrogens is 683 g/mol. The smallest absolute Gasteiger partial charge is 0.407 e. The number of alkyl carbamates (subject to hydrolysis) is 1. The van der Waals surface area contributed by atoms with Crippen molar-refractivity contribution in [3.63, 3.8) is 0 Å². The molecule has 0 radical (unpaired) electrons. The summed E-state index contributed by atoms with van der Waals surface area (Å²) in [6, 6.07) is 22.3. The lowest BCUT2D eigenvalue weighted by atomic mass is 10.0. The third-order valence-electron chi connectivity index (χ3n) is 10.9. The van der Waals surface area contributed by atoms with Crippen molar-refractivity contribution in [1.82, 2.24) is 45.4 Å². The number of methoxy groups -OCH3 is 1. The number of carbonyl (C=O) groups excluding carboxylic acids is 3. The number of hydrogen-bond donors (Lipinski definition) is 4. The summed E-state index contributed by atoms with van der Waals surface area (Å²) in [5.41, 5.74) is 8.36. The van der Waals surface area contributed by atoms with E-state index in [0.717, 1.165) is 99.2 Å². The summed E-state index contributed by atoms with van der Waals surface area (Å²) in [5.74, 6) is 1.73. The molecule has 3 amide bonds. The maximum absolute atomic E-state index is 13.4. The molecule has 13 heteroatoms. The Labute approximate surface area is 312 Å². The number of rotatable bonds is 9. The predicted molar refractivity (Wildman–Crippen MR) is 207 cm³/mol. The summed E-state index contributed by atoms with van der Waals surface area (Å²) in [6.07, 6.45) is 2.87. The second kappa shape index (κ2) is 14.5. The Kier molecular flexibility index (Phi) is 9.49. The van der Waals surface area contributed by atoms with Gasteiger partial charge in [-0.05, 0) is 92.2 Å². The second-order valence-electron chi connectivity index (χ2n) is 14.6. The Bertz CT molecular complexity index is 2380. The zero-order chi connectivity index (χ0) is 37.5. The van der Waals surface area contributed by atoms with E-state index in [1.165, 1.54) is 7.11 Å². The number of imidazole rings is 2. The molecule has 8 rings (SSSR count). The van der Waals surface area contributed by atoms with Gasteiger partial charge in [-0.2, -0.15) is 0 Å². The number of benzene rings is 3. The molecular formula is C41H45N9O4. The number of ether oxygens (including phenoxy) is 1. The van der Waals surface area contributed by atoms with Crippen LogP contribution >= 0.6 is 0 Å². The molecule has 3 atom stereocenters. The van der Waals surface area contributed by atoms with Crippen LogP contribution < -0.4 is 10.6 Å². The van der Waals surface area contributed by atoms with Crippen molar-refractivity contribution in [2.75, 3.05) is 33.8 Å². The number of nitrogens with zero attached hydrogens (tertiary/aromatic N) is 5. The third kappa shape index (κ3) is 6.64. The van der Waals surface area contributed by atoms with Crippen LogP contribution in [0.2, 0.25) is 0 Å². The predicted octanol–water partition coefficient (Wildman–Crippen LogP) is 6.25. The zero-order valence-electron chi connectivity index (χ0n) is 31.0. The Hall–Kier alpha value is -5.82. The van der Waals surface area contributed by atoms with Gasteiger partial charge in [0.1, 0.15) is 18.2 Å². The highest BCUT2D eigenvalue weighted by Gasteiger charge is 2.36. The molecule has 2 aliphatic heterocycles. The average Bonchev–Trinajstić information content (AvgIpc) is 4.01.